The first-order valence-electron chi connectivity index (χ1n) is 11.0. The van der Waals surface area contributed by atoms with Crippen LogP contribution < -0.4 is 0 Å². The van der Waals surface area contributed by atoms with E-state index in [9.17, 15) is 19.2 Å². The molecular formula is C23H26Cl2N2O4. The zero-order chi connectivity index (χ0) is 22.1. The fourth-order valence-electron chi connectivity index (χ4n) is 5.09. The molecule has 2 aliphatic heterocycles. The minimum Gasteiger partial charge on any atom is -0.343 e. The number of carbonyl (C=O) groups excluding carboxylic acids is 4. The van der Waals surface area contributed by atoms with E-state index in [0.29, 0.717) is 41.5 Å². The van der Waals surface area contributed by atoms with Gasteiger partial charge in [0.15, 0.2) is 5.78 Å². The van der Waals surface area contributed by atoms with E-state index in [4.69, 9.17) is 23.2 Å². The summed E-state index contributed by atoms with van der Waals surface area (Å²) in [6.07, 6.45) is 4.83. The third-order valence-electron chi connectivity index (χ3n) is 6.90. The Labute approximate surface area is 191 Å². The fourth-order valence-corrected chi connectivity index (χ4v) is 5.39. The molecule has 0 spiro atoms. The van der Waals surface area contributed by atoms with Crippen LogP contribution >= 0.6 is 23.2 Å². The van der Waals surface area contributed by atoms with E-state index in [0.717, 1.165) is 25.7 Å². The van der Waals surface area contributed by atoms with Gasteiger partial charge in [-0.1, -0.05) is 36.0 Å². The Morgan fingerprint density at radius 1 is 0.903 bits per heavy atom. The summed E-state index contributed by atoms with van der Waals surface area (Å²) in [7, 11) is 0. The number of rotatable bonds is 5. The molecule has 1 aliphatic carbocycles. The summed E-state index contributed by atoms with van der Waals surface area (Å²) in [4.78, 5) is 53.6. The van der Waals surface area contributed by atoms with Crippen LogP contribution in [0.4, 0.5) is 0 Å². The fraction of sp³-hybridized carbons (Fsp3) is 0.565. The topological polar surface area (TPSA) is 74.8 Å². The highest BCUT2D eigenvalue weighted by atomic mass is 35.5. The third kappa shape index (κ3) is 4.51. The Morgan fingerprint density at radius 3 is 2.10 bits per heavy atom. The average molecular weight is 465 g/mol. The number of halogens is 2. The highest BCUT2D eigenvalue weighted by Crippen LogP contribution is 2.38. The maximum Gasteiger partial charge on any atom is 0.233 e. The number of amides is 3. The maximum atomic E-state index is 12.7. The third-order valence-corrected chi connectivity index (χ3v) is 7.64. The van der Waals surface area contributed by atoms with Gasteiger partial charge in [0.1, 0.15) is 0 Å². The van der Waals surface area contributed by atoms with Crippen LogP contribution in [0.25, 0.3) is 0 Å². The molecule has 4 rings (SSSR count). The van der Waals surface area contributed by atoms with Crippen molar-refractivity contribution in [2.45, 2.75) is 44.9 Å². The molecule has 2 atom stereocenters. The summed E-state index contributed by atoms with van der Waals surface area (Å²) in [6, 6.07) is 4.88. The van der Waals surface area contributed by atoms with Gasteiger partial charge < -0.3 is 4.90 Å². The van der Waals surface area contributed by atoms with Crippen LogP contribution in [0.1, 0.15) is 55.3 Å². The molecule has 0 radical (unpaired) electrons. The van der Waals surface area contributed by atoms with Gasteiger partial charge in [-0.05, 0) is 43.9 Å². The minimum atomic E-state index is -0.181. The van der Waals surface area contributed by atoms with Gasteiger partial charge in [0.25, 0.3) is 0 Å². The summed E-state index contributed by atoms with van der Waals surface area (Å²) in [5.74, 6) is -0.788. The first-order chi connectivity index (χ1) is 14.9. The lowest BCUT2D eigenvalue weighted by atomic mass is 9.81. The molecule has 0 bridgehead atoms. The number of Topliss-reactive ketones (excluding diaryl/α,β-unsaturated/α-hetero) is 1. The Balaban J connectivity index is 1.27. The van der Waals surface area contributed by atoms with E-state index in [1.54, 1.807) is 23.1 Å². The second kappa shape index (κ2) is 9.29. The van der Waals surface area contributed by atoms with Gasteiger partial charge in [0.2, 0.25) is 17.7 Å². The molecule has 6 nitrogen and oxygen atoms in total. The van der Waals surface area contributed by atoms with Crippen molar-refractivity contribution in [3.8, 4) is 0 Å². The molecular weight excluding hydrogens is 439 g/mol. The average Bonchev–Trinajstić information content (AvgIpc) is 3.03. The van der Waals surface area contributed by atoms with Crippen molar-refractivity contribution >= 4 is 46.7 Å². The van der Waals surface area contributed by atoms with Crippen molar-refractivity contribution in [1.82, 2.24) is 9.80 Å². The van der Waals surface area contributed by atoms with Crippen LogP contribution in [0.2, 0.25) is 10.0 Å². The van der Waals surface area contributed by atoms with Gasteiger partial charge in [0, 0.05) is 37.5 Å². The summed E-state index contributed by atoms with van der Waals surface area (Å²) in [6.45, 7) is 1.14. The normalized spacial score (nSPS) is 24.5. The van der Waals surface area contributed by atoms with Crippen molar-refractivity contribution in [3.63, 3.8) is 0 Å². The molecule has 2 saturated heterocycles. The molecule has 3 aliphatic rings. The predicted molar refractivity (Wildman–Crippen MR) is 117 cm³/mol. The number of carbonyl (C=O) groups is 4. The van der Waals surface area contributed by atoms with Gasteiger partial charge >= 0.3 is 0 Å². The number of benzene rings is 1. The summed E-state index contributed by atoms with van der Waals surface area (Å²) < 4.78 is 0. The Bertz CT molecular complexity index is 887. The van der Waals surface area contributed by atoms with Crippen LogP contribution in [0.3, 0.4) is 0 Å². The number of piperidine rings is 1. The smallest absolute Gasteiger partial charge is 0.233 e. The quantitative estimate of drug-likeness (QED) is 0.487. The molecule has 2 heterocycles. The lowest BCUT2D eigenvalue weighted by Gasteiger charge is -2.31. The van der Waals surface area contributed by atoms with Crippen molar-refractivity contribution in [2.24, 2.45) is 17.8 Å². The van der Waals surface area contributed by atoms with E-state index in [1.807, 2.05) is 0 Å². The van der Waals surface area contributed by atoms with Gasteiger partial charge in [-0.2, -0.15) is 0 Å². The lowest BCUT2D eigenvalue weighted by Crippen LogP contribution is -2.42. The Kier molecular flexibility index (Phi) is 6.68. The molecule has 3 amide bonds. The van der Waals surface area contributed by atoms with Crippen molar-refractivity contribution < 1.29 is 19.2 Å². The van der Waals surface area contributed by atoms with E-state index < -0.39 is 0 Å². The van der Waals surface area contributed by atoms with E-state index in [1.165, 1.54) is 4.90 Å². The second-order valence-electron chi connectivity index (χ2n) is 8.72. The van der Waals surface area contributed by atoms with Crippen LogP contribution in [-0.2, 0) is 14.4 Å². The van der Waals surface area contributed by atoms with Gasteiger partial charge in [-0.3, -0.25) is 24.1 Å². The van der Waals surface area contributed by atoms with E-state index in [-0.39, 0.29) is 54.2 Å². The highest BCUT2D eigenvalue weighted by Gasteiger charge is 2.48. The molecule has 166 valence electrons. The van der Waals surface area contributed by atoms with Crippen molar-refractivity contribution in [1.29, 1.82) is 0 Å². The standard InChI is InChI=1S/C23H26Cl2N2O4/c24-18-6-5-15(13-19(18)25)21(29)14-7-10-26(11-8-14)20(28)9-12-27-22(30)16-3-1-2-4-17(16)23(27)31/h5-6,13-14,16-17H,1-4,7-12H2. The zero-order valence-electron chi connectivity index (χ0n) is 17.3. The van der Waals surface area contributed by atoms with E-state index in [2.05, 4.69) is 0 Å². The highest BCUT2D eigenvalue weighted by molar-refractivity contribution is 6.42. The molecule has 8 heteroatoms. The number of fused-ring (bicyclic) bond motifs is 1. The summed E-state index contributed by atoms with van der Waals surface area (Å²) in [5, 5.41) is 0.763. The molecule has 0 aromatic heterocycles. The predicted octanol–water partition coefficient (Wildman–Crippen LogP) is 3.98. The van der Waals surface area contributed by atoms with Crippen molar-refractivity contribution in [3.05, 3.63) is 33.8 Å². The molecule has 0 N–H and O–H groups in total. The van der Waals surface area contributed by atoms with Crippen LogP contribution in [0.15, 0.2) is 18.2 Å². The van der Waals surface area contributed by atoms with Gasteiger partial charge in [-0.25, -0.2) is 0 Å². The molecule has 31 heavy (non-hydrogen) atoms. The van der Waals surface area contributed by atoms with Crippen molar-refractivity contribution in [2.75, 3.05) is 19.6 Å². The number of ketones is 1. The number of hydrogen-bond donors (Lipinski definition) is 0. The van der Waals surface area contributed by atoms with Crippen LogP contribution in [0.5, 0.6) is 0 Å². The van der Waals surface area contributed by atoms with Crippen LogP contribution in [-0.4, -0.2) is 52.9 Å². The SMILES string of the molecule is O=C(c1ccc(Cl)c(Cl)c1)C1CCN(C(=O)CCN2C(=O)C3CCCCC3C2=O)CC1. The molecule has 1 aromatic carbocycles. The first kappa shape index (κ1) is 22.3. The Morgan fingerprint density at radius 2 is 1.52 bits per heavy atom. The summed E-state index contributed by atoms with van der Waals surface area (Å²) in [5.41, 5.74) is 0.534. The van der Waals surface area contributed by atoms with Gasteiger partial charge in [0.05, 0.1) is 21.9 Å². The van der Waals surface area contributed by atoms with E-state index >= 15 is 0 Å². The largest absolute Gasteiger partial charge is 0.343 e. The second-order valence-corrected chi connectivity index (χ2v) is 9.54. The summed E-state index contributed by atoms with van der Waals surface area (Å²) >= 11 is 11.9. The first-order valence-corrected chi connectivity index (χ1v) is 11.7. The molecule has 3 fully saturated rings. The maximum absolute atomic E-state index is 12.7. The molecule has 1 saturated carbocycles. The molecule has 1 aromatic rings. The number of imide groups is 1. The van der Waals surface area contributed by atoms with Crippen LogP contribution in [0, 0.1) is 17.8 Å². The minimum absolute atomic E-state index is 0.0153. The number of likely N-dealkylation sites (tertiary alicyclic amines) is 2. The van der Waals surface area contributed by atoms with Gasteiger partial charge in [-0.15, -0.1) is 0 Å². The lowest BCUT2D eigenvalue weighted by molar-refractivity contribution is -0.141. The molecule has 2 unspecified atom stereocenters. The number of hydrogen-bond acceptors (Lipinski definition) is 4. The Hall–Kier alpha value is -1.92. The number of nitrogens with zero attached hydrogens (tertiary/aromatic N) is 2. The zero-order valence-corrected chi connectivity index (χ0v) is 18.8. The monoisotopic (exact) mass is 464 g/mol.